The largest absolute Gasteiger partial charge is 0.208 e. The molecule has 68 heavy (non-hydrogen) atoms. The smallest absolute Gasteiger partial charge is 0.165 e. The SMILES string of the molecule is c1ccc(-c2ccccc2-c2nc(-c3cccc(-c4ccc(-c5cccc6c5-c5ccccc5C6(c5ccccc5)c5ccccc5)cc4)c3)nc(-c3cccc4c3sc3ccccc34)n2)cc1. The van der Waals surface area contributed by atoms with E-state index in [9.17, 15) is 0 Å². The van der Waals surface area contributed by atoms with Crippen LogP contribution in [0.1, 0.15) is 22.3 Å². The van der Waals surface area contributed by atoms with E-state index in [0.717, 1.165) is 38.9 Å². The Bertz CT molecular complexity index is 3800. The van der Waals surface area contributed by atoms with Gasteiger partial charge in [0.1, 0.15) is 0 Å². The Morgan fingerprint density at radius 3 is 1.54 bits per heavy atom. The fourth-order valence-electron chi connectivity index (χ4n) is 10.6. The van der Waals surface area contributed by atoms with E-state index in [-0.39, 0.29) is 0 Å². The van der Waals surface area contributed by atoms with Gasteiger partial charge in [-0.2, -0.15) is 0 Å². The van der Waals surface area contributed by atoms with Crippen LogP contribution in [0.5, 0.6) is 0 Å². The number of fused-ring (bicyclic) bond motifs is 6. The van der Waals surface area contributed by atoms with Gasteiger partial charge in [-0.25, -0.2) is 15.0 Å². The number of hydrogen-bond acceptors (Lipinski definition) is 4. The fourth-order valence-corrected chi connectivity index (χ4v) is 11.8. The standard InChI is InChI=1S/C64H41N3S/c1-4-19-43(20-5-1)49-27-10-11-29-53(49)62-65-61(66-63(67-62)55-33-17-32-52-51-28-13-15-36-58(51)68-60(52)55)46-22-16-21-45(41-46)42-37-39-44(40-38-42)50-31-18-35-57-59(50)54-30-12-14-34-56(54)64(57,47-23-6-2-7-24-47)48-25-8-3-9-26-48/h1-41H. The molecule has 1 aliphatic rings. The van der Waals surface area contributed by atoms with E-state index in [2.05, 4.69) is 243 Å². The summed E-state index contributed by atoms with van der Waals surface area (Å²) in [6, 6.07) is 89.4. The zero-order chi connectivity index (χ0) is 45.0. The highest BCUT2D eigenvalue weighted by molar-refractivity contribution is 7.26. The van der Waals surface area contributed by atoms with Gasteiger partial charge in [0, 0.05) is 36.9 Å². The molecular weight excluding hydrogens is 843 g/mol. The molecule has 0 radical (unpaired) electrons. The van der Waals surface area contributed by atoms with E-state index in [1.807, 2.05) is 6.07 Å². The third-order valence-corrected chi connectivity index (χ3v) is 14.9. The molecule has 2 aromatic heterocycles. The quantitative estimate of drug-likeness (QED) is 0.153. The minimum atomic E-state index is -0.451. The second-order valence-electron chi connectivity index (χ2n) is 17.4. The average molecular weight is 884 g/mol. The van der Waals surface area contributed by atoms with Crippen LogP contribution in [0.4, 0.5) is 0 Å². The van der Waals surface area contributed by atoms with Crippen molar-refractivity contribution in [1.29, 1.82) is 0 Å². The molecule has 13 rings (SSSR count). The summed E-state index contributed by atoms with van der Waals surface area (Å²) >= 11 is 1.79. The number of rotatable bonds is 8. The normalized spacial score (nSPS) is 12.5. The van der Waals surface area contributed by atoms with Gasteiger partial charge >= 0.3 is 0 Å². The Morgan fingerprint density at radius 2 is 0.779 bits per heavy atom. The monoisotopic (exact) mass is 883 g/mol. The Hall–Kier alpha value is -8.57. The predicted molar refractivity (Wildman–Crippen MR) is 283 cm³/mol. The average Bonchev–Trinajstić information content (AvgIpc) is 3.96. The number of benzene rings is 10. The van der Waals surface area contributed by atoms with Crippen molar-refractivity contribution in [2.75, 3.05) is 0 Å². The van der Waals surface area contributed by atoms with Gasteiger partial charge in [0.25, 0.3) is 0 Å². The van der Waals surface area contributed by atoms with E-state index in [4.69, 9.17) is 15.0 Å². The molecule has 1 aliphatic carbocycles. The van der Waals surface area contributed by atoms with Gasteiger partial charge < -0.3 is 0 Å². The second kappa shape index (κ2) is 16.4. The van der Waals surface area contributed by atoms with Gasteiger partial charge in [0.15, 0.2) is 17.5 Å². The van der Waals surface area contributed by atoms with Crippen molar-refractivity contribution in [3.05, 3.63) is 271 Å². The Balaban J connectivity index is 0.926. The van der Waals surface area contributed by atoms with Crippen molar-refractivity contribution in [2.45, 2.75) is 5.41 Å². The fraction of sp³-hybridized carbons (Fsp3) is 0.0156. The predicted octanol–water partition coefficient (Wildman–Crippen LogP) is 16.6. The molecule has 0 N–H and O–H groups in total. The first-order valence-electron chi connectivity index (χ1n) is 23.1. The minimum Gasteiger partial charge on any atom is -0.208 e. The molecule has 318 valence electrons. The van der Waals surface area contributed by atoms with Crippen LogP contribution in [-0.4, -0.2) is 15.0 Å². The van der Waals surface area contributed by atoms with Crippen LogP contribution < -0.4 is 0 Å². The molecular formula is C64H41N3S. The molecule has 0 saturated heterocycles. The molecule has 12 aromatic rings. The first kappa shape index (κ1) is 39.8. The lowest BCUT2D eigenvalue weighted by molar-refractivity contribution is 0.768. The number of aromatic nitrogens is 3. The summed E-state index contributed by atoms with van der Waals surface area (Å²) in [5.41, 5.74) is 16.9. The number of nitrogens with zero attached hydrogens (tertiary/aromatic N) is 3. The molecule has 0 bridgehead atoms. The zero-order valence-corrected chi connectivity index (χ0v) is 37.7. The van der Waals surface area contributed by atoms with E-state index in [0.29, 0.717) is 17.5 Å². The van der Waals surface area contributed by atoms with Crippen molar-refractivity contribution in [3.63, 3.8) is 0 Å². The molecule has 0 saturated carbocycles. The lowest BCUT2D eigenvalue weighted by Crippen LogP contribution is -2.28. The van der Waals surface area contributed by atoms with Gasteiger partial charge in [0.2, 0.25) is 0 Å². The van der Waals surface area contributed by atoms with Crippen LogP contribution in [0.25, 0.3) is 98.8 Å². The van der Waals surface area contributed by atoms with E-state index in [1.165, 1.54) is 64.7 Å². The van der Waals surface area contributed by atoms with Crippen LogP contribution in [0.3, 0.4) is 0 Å². The second-order valence-corrected chi connectivity index (χ2v) is 18.5. The molecule has 0 fully saturated rings. The first-order valence-corrected chi connectivity index (χ1v) is 23.9. The van der Waals surface area contributed by atoms with E-state index in [1.54, 1.807) is 11.3 Å². The van der Waals surface area contributed by atoms with Gasteiger partial charge in [-0.05, 0) is 85.0 Å². The Kier molecular flexibility index (Phi) is 9.59. The van der Waals surface area contributed by atoms with Crippen LogP contribution in [0, 0.1) is 0 Å². The maximum atomic E-state index is 5.30. The van der Waals surface area contributed by atoms with Gasteiger partial charge in [-0.15, -0.1) is 11.3 Å². The zero-order valence-electron chi connectivity index (χ0n) is 36.9. The maximum Gasteiger partial charge on any atom is 0.165 e. The number of hydrogen-bond donors (Lipinski definition) is 0. The molecule has 0 unspecified atom stereocenters. The molecule has 4 heteroatoms. The van der Waals surface area contributed by atoms with Crippen molar-refractivity contribution in [2.24, 2.45) is 0 Å². The molecule has 10 aromatic carbocycles. The van der Waals surface area contributed by atoms with Crippen molar-refractivity contribution < 1.29 is 0 Å². The third-order valence-electron chi connectivity index (χ3n) is 13.7. The highest BCUT2D eigenvalue weighted by atomic mass is 32.1. The Labute approximate surface area is 399 Å². The van der Waals surface area contributed by atoms with Crippen LogP contribution in [-0.2, 0) is 5.41 Å². The molecule has 0 amide bonds. The summed E-state index contributed by atoms with van der Waals surface area (Å²) in [6.07, 6.45) is 0. The van der Waals surface area contributed by atoms with Crippen molar-refractivity contribution in [3.8, 4) is 78.7 Å². The molecule has 0 aliphatic heterocycles. The summed E-state index contributed by atoms with van der Waals surface area (Å²) < 4.78 is 2.41. The van der Waals surface area contributed by atoms with Gasteiger partial charge in [0.05, 0.1) is 5.41 Å². The van der Waals surface area contributed by atoms with Crippen molar-refractivity contribution >= 4 is 31.5 Å². The van der Waals surface area contributed by atoms with Gasteiger partial charge in [-0.3, -0.25) is 0 Å². The first-order chi connectivity index (χ1) is 33.7. The summed E-state index contributed by atoms with van der Waals surface area (Å²) in [6.45, 7) is 0. The molecule has 0 spiro atoms. The van der Waals surface area contributed by atoms with Crippen molar-refractivity contribution in [1.82, 2.24) is 15.0 Å². The highest BCUT2D eigenvalue weighted by Gasteiger charge is 2.46. The molecule has 2 heterocycles. The summed E-state index contributed by atoms with van der Waals surface area (Å²) in [7, 11) is 0. The number of thiophene rings is 1. The van der Waals surface area contributed by atoms with Crippen LogP contribution >= 0.6 is 11.3 Å². The summed E-state index contributed by atoms with van der Waals surface area (Å²) in [4.78, 5) is 15.9. The van der Waals surface area contributed by atoms with Gasteiger partial charge in [-0.1, -0.05) is 231 Å². The summed E-state index contributed by atoms with van der Waals surface area (Å²) in [5, 5.41) is 2.45. The van der Waals surface area contributed by atoms with Crippen LogP contribution in [0.15, 0.2) is 249 Å². The summed E-state index contributed by atoms with van der Waals surface area (Å²) in [5.74, 6) is 1.92. The minimum absolute atomic E-state index is 0.451. The molecule has 0 atom stereocenters. The van der Waals surface area contributed by atoms with Crippen LogP contribution in [0.2, 0.25) is 0 Å². The maximum absolute atomic E-state index is 5.30. The topological polar surface area (TPSA) is 38.7 Å². The highest BCUT2D eigenvalue weighted by Crippen LogP contribution is 2.58. The third kappa shape index (κ3) is 6.45. The molecule has 3 nitrogen and oxygen atoms in total. The van der Waals surface area contributed by atoms with E-state index >= 15 is 0 Å². The lowest BCUT2D eigenvalue weighted by atomic mass is 9.67. The van der Waals surface area contributed by atoms with E-state index < -0.39 is 5.41 Å². The Morgan fingerprint density at radius 1 is 0.294 bits per heavy atom. The lowest BCUT2D eigenvalue weighted by Gasteiger charge is -2.34.